The van der Waals surface area contributed by atoms with Crippen LogP contribution in [0.3, 0.4) is 0 Å². The van der Waals surface area contributed by atoms with Crippen LogP contribution < -0.4 is 5.32 Å². The second-order valence-electron chi connectivity index (χ2n) is 5.79. The van der Waals surface area contributed by atoms with E-state index in [0.29, 0.717) is 0 Å². The van der Waals surface area contributed by atoms with Gasteiger partial charge in [0.15, 0.2) is 0 Å². The van der Waals surface area contributed by atoms with Crippen molar-refractivity contribution in [3.63, 3.8) is 0 Å². The van der Waals surface area contributed by atoms with Gasteiger partial charge in [-0.1, -0.05) is 6.92 Å². The number of hydrogen-bond acceptors (Lipinski definition) is 3. The van der Waals surface area contributed by atoms with E-state index < -0.39 is 0 Å². The summed E-state index contributed by atoms with van der Waals surface area (Å²) in [6.07, 6.45) is 4.54. The molecule has 0 bridgehead atoms. The van der Waals surface area contributed by atoms with Gasteiger partial charge in [-0.25, -0.2) is 0 Å². The van der Waals surface area contributed by atoms with Crippen LogP contribution in [0.2, 0.25) is 0 Å². The number of hydrogen-bond donors (Lipinski definition) is 1. The third kappa shape index (κ3) is 2.70. The Balaban J connectivity index is 1.80. The van der Waals surface area contributed by atoms with Gasteiger partial charge in [-0.3, -0.25) is 4.79 Å². The Hall–Kier alpha value is -0.870. The highest BCUT2D eigenvalue weighted by atomic mass is 32.1. The number of carbonyl (C=O) groups excluding carboxylic acids is 1. The first-order valence-corrected chi connectivity index (χ1v) is 8.23. The van der Waals surface area contributed by atoms with E-state index >= 15 is 0 Å². The minimum Gasteiger partial charge on any atom is -0.337 e. The van der Waals surface area contributed by atoms with Crippen LogP contribution in [0.4, 0.5) is 0 Å². The van der Waals surface area contributed by atoms with Crippen molar-refractivity contribution in [2.24, 2.45) is 5.92 Å². The molecule has 0 radical (unpaired) electrons. The Kier molecular flexibility index (Phi) is 3.89. The number of fused-ring (bicyclic) bond motifs is 1. The third-order valence-corrected chi connectivity index (χ3v) is 5.31. The fourth-order valence-corrected chi connectivity index (χ4v) is 4.31. The van der Waals surface area contributed by atoms with Crippen molar-refractivity contribution in [2.75, 3.05) is 26.2 Å². The predicted octanol–water partition coefficient (Wildman–Crippen LogP) is 2.31. The number of nitrogens with zero attached hydrogens (tertiary/aromatic N) is 1. The highest BCUT2D eigenvalue weighted by Crippen LogP contribution is 2.33. The van der Waals surface area contributed by atoms with Gasteiger partial charge >= 0.3 is 0 Å². The molecule has 2 heterocycles. The van der Waals surface area contributed by atoms with E-state index in [0.717, 1.165) is 56.9 Å². The monoisotopic (exact) mass is 278 g/mol. The van der Waals surface area contributed by atoms with Crippen LogP contribution in [0.25, 0.3) is 0 Å². The highest BCUT2D eigenvalue weighted by molar-refractivity contribution is 7.10. The first kappa shape index (κ1) is 13.1. The Bertz CT molecular complexity index is 461. The van der Waals surface area contributed by atoms with Gasteiger partial charge in [0, 0.05) is 29.9 Å². The van der Waals surface area contributed by atoms with Gasteiger partial charge in [0.2, 0.25) is 0 Å². The quantitative estimate of drug-likeness (QED) is 0.855. The summed E-state index contributed by atoms with van der Waals surface area (Å²) in [7, 11) is 0. The summed E-state index contributed by atoms with van der Waals surface area (Å²) in [5.41, 5.74) is 2.35. The van der Waals surface area contributed by atoms with Crippen molar-refractivity contribution in [3.05, 3.63) is 21.4 Å². The topological polar surface area (TPSA) is 32.3 Å². The zero-order chi connectivity index (χ0) is 13.2. The molecule has 2 aliphatic rings. The molecule has 0 spiro atoms. The van der Waals surface area contributed by atoms with Crippen LogP contribution in [0.1, 0.15) is 40.6 Å². The number of amides is 1. The number of thiophene rings is 1. The van der Waals surface area contributed by atoms with Gasteiger partial charge in [-0.05, 0) is 43.7 Å². The Morgan fingerprint density at radius 2 is 2.32 bits per heavy atom. The van der Waals surface area contributed by atoms with Crippen LogP contribution in [0.15, 0.2) is 5.38 Å². The summed E-state index contributed by atoms with van der Waals surface area (Å²) in [6.45, 7) is 6.01. The van der Waals surface area contributed by atoms with Gasteiger partial charge in [0.05, 0.1) is 5.56 Å². The van der Waals surface area contributed by atoms with Gasteiger partial charge in [-0.2, -0.15) is 0 Å². The fourth-order valence-electron chi connectivity index (χ4n) is 3.08. The zero-order valence-corrected chi connectivity index (χ0v) is 12.4. The van der Waals surface area contributed by atoms with E-state index in [2.05, 4.69) is 17.6 Å². The second-order valence-corrected chi connectivity index (χ2v) is 6.76. The maximum atomic E-state index is 12.7. The van der Waals surface area contributed by atoms with Crippen molar-refractivity contribution < 1.29 is 4.79 Å². The lowest BCUT2D eigenvalue weighted by atomic mass is 9.88. The molecule has 1 N–H and O–H groups in total. The molecule has 1 amide bonds. The lowest BCUT2D eigenvalue weighted by Crippen LogP contribution is -2.34. The van der Waals surface area contributed by atoms with Crippen LogP contribution in [0.5, 0.6) is 0 Å². The van der Waals surface area contributed by atoms with Gasteiger partial charge in [0.1, 0.15) is 0 Å². The molecule has 0 aromatic carbocycles. The third-order valence-electron chi connectivity index (χ3n) is 4.26. The molecule has 0 saturated carbocycles. The molecule has 1 fully saturated rings. The first-order valence-electron chi connectivity index (χ1n) is 7.35. The molecular formula is C15H22N2OS. The van der Waals surface area contributed by atoms with Crippen LogP contribution >= 0.6 is 11.3 Å². The molecule has 1 aromatic rings. The maximum Gasteiger partial charge on any atom is 0.255 e. The molecule has 19 heavy (non-hydrogen) atoms. The molecule has 1 aromatic heterocycles. The molecule has 104 valence electrons. The van der Waals surface area contributed by atoms with Crippen molar-refractivity contribution in [3.8, 4) is 0 Å². The molecule has 1 unspecified atom stereocenters. The second kappa shape index (κ2) is 5.63. The van der Waals surface area contributed by atoms with E-state index in [-0.39, 0.29) is 5.91 Å². The Labute approximate surface area is 119 Å². The average Bonchev–Trinajstić information content (AvgIpc) is 2.64. The van der Waals surface area contributed by atoms with Crippen molar-refractivity contribution >= 4 is 17.2 Å². The number of nitrogens with one attached hydrogen (secondary N) is 1. The van der Waals surface area contributed by atoms with Crippen LogP contribution in [-0.4, -0.2) is 37.0 Å². The number of rotatable bonds is 1. The summed E-state index contributed by atoms with van der Waals surface area (Å²) in [5.74, 6) is 1.03. The van der Waals surface area contributed by atoms with E-state index in [9.17, 15) is 4.79 Å². The predicted molar refractivity (Wildman–Crippen MR) is 78.9 cm³/mol. The van der Waals surface area contributed by atoms with E-state index in [1.807, 2.05) is 4.90 Å². The largest absolute Gasteiger partial charge is 0.337 e. The molecule has 3 rings (SSSR count). The zero-order valence-electron chi connectivity index (χ0n) is 11.6. The van der Waals surface area contributed by atoms with Crippen LogP contribution in [0, 0.1) is 5.92 Å². The van der Waals surface area contributed by atoms with Gasteiger partial charge < -0.3 is 10.2 Å². The first-order chi connectivity index (χ1) is 9.25. The maximum absolute atomic E-state index is 12.7. The van der Waals surface area contributed by atoms with Gasteiger partial charge in [-0.15, -0.1) is 11.3 Å². The van der Waals surface area contributed by atoms with E-state index in [4.69, 9.17) is 0 Å². The van der Waals surface area contributed by atoms with Crippen molar-refractivity contribution in [2.45, 2.75) is 32.6 Å². The van der Waals surface area contributed by atoms with Crippen molar-refractivity contribution in [1.29, 1.82) is 0 Å². The summed E-state index contributed by atoms with van der Waals surface area (Å²) < 4.78 is 0. The number of carbonyl (C=O) groups is 1. The molecule has 1 saturated heterocycles. The van der Waals surface area contributed by atoms with Crippen molar-refractivity contribution in [1.82, 2.24) is 10.2 Å². The van der Waals surface area contributed by atoms with E-state index in [1.165, 1.54) is 16.9 Å². The minimum atomic E-state index is 0.260. The standard InChI is InChI=1S/C15H22N2OS/c1-11-3-4-12-13(10-19-14(12)9-11)15(18)17-7-2-5-16-6-8-17/h10-11,16H,2-9H2,1H3. The van der Waals surface area contributed by atoms with Crippen LogP contribution in [-0.2, 0) is 12.8 Å². The summed E-state index contributed by atoms with van der Waals surface area (Å²) in [6, 6.07) is 0. The average molecular weight is 278 g/mol. The molecular weight excluding hydrogens is 256 g/mol. The normalized spacial score (nSPS) is 23.8. The summed E-state index contributed by atoms with van der Waals surface area (Å²) in [4.78, 5) is 16.2. The minimum absolute atomic E-state index is 0.260. The lowest BCUT2D eigenvalue weighted by molar-refractivity contribution is 0.0765. The lowest BCUT2D eigenvalue weighted by Gasteiger charge is -2.22. The highest BCUT2D eigenvalue weighted by Gasteiger charge is 2.26. The molecule has 1 aliphatic carbocycles. The van der Waals surface area contributed by atoms with Gasteiger partial charge in [0.25, 0.3) is 5.91 Å². The Morgan fingerprint density at radius 1 is 1.42 bits per heavy atom. The smallest absolute Gasteiger partial charge is 0.255 e. The molecule has 3 nitrogen and oxygen atoms in total. The SMILES string of the molecule is CC1CCc2c(C(=O)N3CCCNCC3)csc2C1. The molecule has 1 aliphatic heterocycles. The summed E-state index contributed by atoms with van der Waals surface area (Å²) >= 11 is 1.79. The Morgan fingerprint density at radius 3 is 3.21 bits per heavy atom. The fraction of sp³-hybridized carbons (Fsp3) is 0.667. The van der Waals surface area contributed by atoms with E-state index in [1.54, 1.807) is 11.3 Å². The summed E-state index contributed by atoms with van der Waals surface area (Å²) in [5, 5.41) is 5.45. The molecule has 4 heteroatoms. The molecule has 1 atom stereocenters.